The Balaban J connectivity index is 2.02. The second-order valence-electron chi connectivity index (χ2n) is 10.2. The van der Waals surface area contributed by atoms with Crippen molar-refractivity contribution in [3.05, 3.63) is 0 Å². The fraction of sp³-hybridized carbons (Fsp3) is 1.00. The molecule has 14 heavy (non-hydrogen) atoms. The first kappa shape index (κ1) is 4.77. The number of hydrogen-bond donors (Lipinski definition) is 1. The molecule has 10 saturated heterocycles. The third-order valence-corrected chi connectivity index (χ3v) is 58.7. The second kappa shape index (κ2) is 0.309. The summed E-state index contributed by atoms with van der Waals surface area (Å²) < 4.78 is 0.868. The molecule has 0 aromatic heterocycles. The fourth-order valence-corrected chi connectivity index (χ4v) is 93.2. The molecule has 0 amide bonds. The molecule has 10 aliphatic rings. The van der Waals surface area contributed by atoms with Crippen molar-refractivity contribution in [2.75, 3.05) is 0 Å². The van der Waals surface area contributed by atoms with Gasteiger partial charge in [0, 0.05) is 0 Å². The molecule has 10 aliphatic heterocycles. The molecule has 0 saturated carbocycles. The van der Waals surface area contributed by atoms with Gasteiger partial charge in [-0.25, -0.2) is 0 Å². The van der Waals surface area contributed by atoms with Crippen molar-refractivity contribution in [1.82, 2.24) is 0 Å². The quantitative estimate of drug-likeness (QED) is 0.686. The summed E-state index contributed by atoms with van der Waals surface area (Å²) in [6, 6.07) is 0. The summed E-state index contributed by atoms with van der Waals surface area (Å²) in [5, 5.41) is 11.4. The Morgan fingerprint density at radius 3 is 1.64 bits per heavy atom. The van der Waals surface area contributed by atoms with Gasteiger partial charge in [0.1, 0.15) is 0 Å². The molecule has 5 unspecified atom stereocenters. The van der Waals surface area contributed by atoms with Gasteiger partial charge < -0.3 is 0 Å². The molecule has 5 atom stereocenters. The number of fused-ring (bicyclic) bond motifs is 10. The Labute approximate surface area is 72.5 Å². The van der Waals surface area contributed by atoms with E-state index in [9.17, 15) is 5.11 Å². The minimum atomic E-state index is -3.11. The van der Waals surface area contributed by atoms with Crippen LogP contribution in [0.4, 0.5) is 0 Å². The molecule has 1 nitrogen and oxygen atoms in total. The molecule has 76 valence electrons. The maximum atomic E-state index is 11.4. The van der Waals surface area contributed by atoms with Gasteiger partial charge in [0.25, 0.3) is 0 Å². The standard InChI is InChI=1S/C7H9O.C5H5.Fe/c1-2-6-4-3-5-7(6)8;1-2-4-5-3-1;/h3-5,8H,2H2,1H3;1-5H;. The predicted molar refractivity (Wildman–Crippen MR) is 47.9 cm³/mol. The van der Waals surface area contributed by atoms with Gasteiger partial charge in [0.05, 0.1) is 0 Å². The molecule has 0 radical (unpaired) electrons. The summed E-state index contributed by atoms with van der Waals surface area (Å²) >= 11 is 0. The van der Waals surface area contributed by atoms with E-state index in [1.807, 2.05) is 0 Å². The van der Waals surface area contributed by atoms with Gasteiger partial charge in [0.2, 0.25) is 0 Å². The average molecular weight is 230 g/mol. The van der Waals surface area contributed by atoms with Crippen molar-refractivity contribution in [2.24, 2.45) is 0 Å². The molecule has 1 spiro atoms. The van der Waals surface area contributed by atoms with Crippen LogP contribution in [0.3, 0.4) is 0 Å². The van der Waals surface area contributed by atoms with E-state index in [0.29, 0.717) is 0 Å². The molecular weight excluding hydrogens is 216 g/mol. The Morgan fingerprint density at radius 1 is 1.00 bits per heavy atom. The van der Waals surface area contributed by atoms with Crippen LogP contribution in [0.2, 0.25) is 42.8 Å². The van der Waals surface area contributed by atoms with E-state index in [1.165, 1.54) is 40.1 Å². The molecule has 0 bridgehead atoms. The first-order valence-electron chi connectivity index (χ1n) is 6.43. The van der Waals surface area contributed by atoms with E-state index in [1.54, 1.807) is 0 Å². The van der Waals surface area contributed by atoms with E-state index in [-0.39, 0.29) is 4.50 Å². The first-order valence-corrected chi connectivity index (χ1v) is 12.6. The van der Waals surface area contributed by atoms with Crippen molar-refractivity contribution >= 4 is 0 Å². The molecule has 0 aromatic carbocycles. The monoisotopic (exact) mass is 230 g/mol. The second-order valence-corrected chi connectivity index (χ2v) is 33.5. The van der Waals surface area contributed by atoms with E-state index in [4.69, 9.17) is 0 Å². The van der Waals surface area contributed by atoms with E-state index in [0.717, 1.165) is 9.13 Å². The molecule has 2 heteroatoms. The van der Waals surface area contributed by atoms with Crippen molar-refractivity contribution in [2.45, 2.75) is 60.7 Å². The summed E-state index contributed by atoms with van der Waals surface area (Å²) in [4.78, 5) is 10.0. The normalized spacial score (nSPS) is 148. The van der Waals surface area contributed by atoms with Gasteiger partial charge in [-0.3, -0.25) is 0 Å². The van der Waals surface area contributed by atoms with E-state index < -0.39 is 6.51 Å². The number of hydrogen-bond acceptors (Lipinski definition) is 1. The Kier molecular flexibility index (Phi) is 0.105. The van der Waals surface area contributed by atoms with Crippen molar-refractivity contribution in [3.8, 4) is 0 Å². The Bertz CT molecular complexity index is 887. The molecule has 0 aromatic rings. The Hall–Kier alpha value is 0.479. The van der Waals surface area contributed by atoms with Crippen molar-refractivity contribution < 1.29 is 11.6 Å². The van der Waals surface area contributed by atoms with Gasteiger partial charge in [-0.1, -0.05) is 0 Å². The average Bonchev–Trinajstić information content (AvgIpc) is 3.11. The van der Waals surface area contributed by atoms with E-state index in [2.05, 4.69) is 6.92 Å². The van der Waals surface area contributed by atoms with Crippen LogP contribution in [0.25, 0.3) is 0 Å². The SMILES string of the molecule is CC[C]12[CH]3[CH]4[CH]5[C]1(O)[Fe]45321678[CH]2[CH]1[CH]6[CH]7[CH]28. The van der Waals surface area contributed by atoms with Crippen LogP contribution < -0.4 is 0 Å². The maximum absolute atomic E-state index is 11.4. The van der Waals surface area contributed by atoms with Crippen LogP contribution in [-0.2, 0) is 6.51 Å². The topological polar surface area (TPSA) is 20.2 Å². The third kappa shape index (κ3) is 0.0310. The summed E-state index contributed by atoms with van der Waals surface area (Å²) in [6.07, 6.45) is 1.41. The molecule has 10 rings (SSSR count). The van der Waals surface area contributed by atoms with Crippen LogP contribution in [0.5, 0.6) is 0 Å². The molecule has 10 fully saturated rings. The van der Waals surface area contributed by atoms with Crippen molar-refractivity contribution in [3.63, 3.8) is 0 Å². The summed E-state index contributed by atoms with van der Waals surface area (Å²) in [6.45, 7) is -0.685. The first-order chi connectivity index (χ1) is 6.50. The zero-order chi connectivity index (χ0) is 8.64. The fourth-order valence-electron chi connectivity index (χ4n) is 17.9. The third-order valence-electron chi connectivity index (χ3n) is 15.6. The van der Waals surface area contributed by atoms with Gasteiger partial charge >= 0.3 is 72.3 Å². The van der Waals surface area contributed by atoms with Crippen LogP contribution in [0, 0.1) is 0 Å². The molecular formula is C12H14FeO. The van der Waals surface area contributed by atoms with Gasteiger partial charge in [-0.2, -0.15) is 0 Å². The Morgan fingerprint density at radius 2 is 1.57 bits per heavy atom. The summed E-state index contributed by atoms with van der Waals surface area (Å²) in [7, 11) is 0. The molecule has 0 aliphatic carbocycles. The number of aliphatic hydroxyl groups is 1. The van der Waals surface area contributed by atoms with Gasteiger partial charge in [0.15, 0.2) is 0 Å². The van der Waals surface area contributed by atoms with Gasteiger partial charge in [-0.15, -0.1) is 0 Å². The predicted octanol–water partition coefficient (Wildman–Crippen LogP) is 3.06. The van der Waals surface area contributed by atoms with Crippen LogP contribution in [-0.4, -0.2) is 9.61 Å². The zero-order valence-electron chi connectivity index (χ0n) is 8.13. The van der Waals surface area contributed by atoms with Crippen molar-refractivity contribution in [1.29, 1.82) is 0 Å². The molecule has 10 heterocycles. The van der Waals surface area contributed by atoms with E-state index >= 15 is 0 Å². The number of rotatable bonds is 1. The van der Waals surface area contributed by atoms with Crippen LogP contribution >= 0.6 is 0 Å². The van der Waals surface area contributed by atoms with Crippen LogP contribution in [0.15, 0.2) is 0 Å². The summed E-state index contributed by atoms with van der Waals surface area (Å²) in [5.41, 5.74) is 0. The summed E-state index contributed by atoms with van der Waals surface area (Å²) in [5.74, 6) is 0. The minimum absolute atomic E-state index is 0.140. The van der Waals surface area contributed by atoms with Crippen LogP contribution in [0.1, 0.15) is 13.3 Å². The van der Waals surface area contributed by atoms with Gasteiger partial charge in [-0.05, 0) is 0 Å². The molecule has 1 N–H and O–H groups in total. The zero-order valence-corrected chi connectivity index (χ0v) is 9.23.